The molecule has 1 aliphatic heterocycles. The van der Waals surface area contributed by atoms with E-state index in [-0.39, 0.29) is 0 Å². The molecule has 108 valence electrons. The number of nitrogens with zero attached hydrogens (tertiary/aromatic N) is 3. The summed E-state index contributed by atoms with van der Waals surface area (Å²) in [6.45, 7) is 9.90. The van der Waals surface area contributed by atoms with Crippen molar-refractivity contribution in [2.45, 2.75) is 33.2 Å². The molecule has 0 amide bonds. The first-order valence-corrected chi connectivity index (χ1v) is 8.02. The monoisotopic (exact) mass is 328 g/mol. The molecule has 0 aliphatic carbocycles. The van der Waals surface area contributed by atoms with Crippen LogP contribution < -0.4 is 5.32 Å². The molecule has 0 spiro atoms. The first-order chi connectivity index (χ1) is 9.11. The molecule has 1 fully saturated rings. The van der Waals surface area contributed by atoms with Crippen LogP contribution in [-0.4, -0.2) is 40.9 Å². The molecule has 0 radical (unpaired) electrons. The van der Waals surface area contributed by atoms with E-state index in [4.69, 9.17) is 0 Å². The number of aromatic nitrogens is 2. The normalized spacial score (nSPS) is 20.2. The van der Waals surface area contributed by atoms with Gasteiger partial charge in [-0.15, -0.1) is 0 Å². The minimum Gasteiger partial charge on any atom is -0.316 e. The molecule has 0 bridgehead atoms. The van der Waals surface area contributed by atoms with E-state index >= 15 is 0 Å². The fourth-order valence-electron chi connectivity index (χ4n) is 2.81. The number of hydrogen-bond donors (Lipinski definition) is 1. The maximum atomic E-state index is 4.48. The van der Waals surface area contributed by atoms with Crippen molar-refractivity contribution in [2.75, 3.05) is 26.2 Å². The molecule has 1 saturated heterocycles. The topological polar surface area (TPSA) is 33.1 Å². The molecular formula is C14H25BrN4. The van der Waals surface area contributed by atoms with Gasteiger partial charge in [-0.1, -0.05) is 6.92 Å². The lowest BCUT2D eigenvalue weighted by Crippen LogP contribution is -2.38. The van der Waals surface area contributed by atoms with E-state index in [1.807, 2.05) is 11.7 Å². The molecule has 1 unspecified atom stereocenters. The average molecular weight is 329 g/mol. The number of nitrogens with one attached hydrogen (secondary N) is 1. The summed E-state index contributed by atoms with van der Waals surface area (Å²) in [5, 5.41) is 7.98. The lowest BCUT2D eigenvalue weighted by molar-refractivity contribution is 0.205. The Labute approximate surface area is 124 Å². The van der Waals surface area contributed by atoms with Gasteiger partial charge in [0.15, 0.2) is 0 Å². The zero-order chi connectivity index (χ0) is 13.8. The highest BCUT2D eigenvalue weighted by Crippen LogP contribution is 2.22. The zero-order valence-corrected chi connectivity index (χ0v) is 13.8. The molecule has 1 aliphatic rings. The quantitative estimate of drug-likeness (QED) is 0.900. The van der Waals surface area contributed by atoms with Crippen LogP contribution in [0.3, 0.4) is 0 Å². The number of aryl methyl sites for hydroxylation is 2. The van der Waals surface area contributed by atoms with Crippen LogP contribution in [-0.2, 0) is 13.6 Å². The second-order valence-corrected chi connectivity index (χ2v) is 6.30. The van der Waals surface area contributed by atoms with Crippen molar-refractivity contribution in [2.24, 2.45) is 13.0 Å². The van der Waals surface area contributed by atoms with Crippen molar-refractivity contribution in [3.05, 3.63) is 15.9 Å². The lowest BCUT2D eigenvalue weighted by Gasteiger charge is -2.29. The summed E-state index contributed by atoms with van der Waals surface area (Å²) in [6, 6.07) is 0. The molecule has 1 aromatic heterocycles. The highest BCUT2D eigenvalue weighted by atomic mass is 79.9. The van der Waals surface area contributed by atoms with Crippen molar-refractivity contribution < 1.29 is 0 Å². The van der Waals surface area contributed by atoms with E-state index in [1.165, 1.54) is 38.2 Å². The second kappa shape index (κ2) is 6.86. The fraction of sp³-hybridized carbons (Fsp3) is 0.786. The molecule has 0 saturated carbocycles. The van der Waals surface area contributed by atoms with Gasteiger partial charge in [-0.05, 0) is 61.2 Å². The van der Waals surface area contributed by atoms with Crippen molar-refractivity contribution >= 4 is 15.9 Å². The highest BCUT2D eigenvalue weighted by Gasteiger charge is 2.19. The van der Waals surface area contributed by atoms with Crippen molar-refractivity contribution in [1.29, 1.82) is 0 Å². The van der Waals surface area contributed by atoms with Crippen molar-refractivity contribution in [3.8, 4) is 0 Å². The number of hydrogen-bond acceptors (Lipinski definition) is 3. The van der Waals surface area contributed by atoms with E-state index < -0.39 is 0 Å². The molecule has 19 heavy (non-hydrogen) atoms. The number of halogens is 1. The largest absolute Gasteiger partial charge is 0.316 e. The van der Waals surface area contributed by atoms with Gasteiger partial charge >= 0.3 is 0 Å². The minimum absolute atomic E-state index is 0.793. The third kappa shape index (κ3) is 3.80. The lowest BCUT2D eigenvalue weighted by atomic mass is 9.99. The van der Waals surface area contributed by atoms with E-state index in [0.29, 0.717) is 0 Å². The summed E-state index contributed by atoms with van der Waals surface area (Å²) >= 11 is 3.66. The molecule has 2 rings (SSSR count). The Bertz CT molecular complexity index is 410. The van der Waals surface area contributed by atoms with Crippen LogP contribution in [0.15, 0.2) is 4.47 Å². The Morgan fingerprint density at radius 3 is 2.84 bits per heavy atom. The Kier molecular flexibility index (Phi) is 5.42. The van der Waals surface area contributed by atoms with Gasteiger partial charge in [-0.2, -0.15) is 5.10 Å². The van der Waals surface area contributed by atoms with Gasteiger partial charge in [0.25, 0.3) is 0 Å². The first kappa shape index (κ1) is 15.0. The van der Waals surface area contributed by atoms with Crippen LogP contribution in [0.2, 0.25) is 0 Å². The Balaban J connectivity index is 1.98. The summed E-state index contributed by atoms with van der Waals surface area (Å²) < 4.78 is 3.16. The van der Waals surface area contributed by atoms with E-state index in [1.54, 1.807) is 0 Å². The summed E-state index contributed by atoms with van der Waals surface area (Å²) in [4.78, 5) is 2.53. The SMILES string of the molecule is CCN(Cc1c(Br)c(C)nn1C)CC1CCCNC1. The van der Waals surface area contributed by atoms with E-state index in [9.17, 15) is 0 Å². The molecule has 2 heterocycles. The van der Waals surface area contributed by atoms with Crippen LogP contribution in [0.4, 0.5) is 0 Å². The number of rotatable bonds is 5. The fourth-order valence-corrected chi connectivity index (χ4v) is 3.28. The van der Waals surface area contributed by atoms with Gasteiger partial charge < -0.3 is 5.32 Å². The van der Waals surface area contributed by atoms with Crippen LogP contribution in [0.1, 0.15) is 31.2 Å². The predicted molar refractivity (Wildman–Crippen MR) is 82.2 cm³/mol. The van der Waals surface area contributed by atoms with Crippen molar-refractivity contribution in [1.82, 2.24) is 20.0 Å². The third-order valence-electron chi connectivity index (χ3n) is 4.00. The van der Waals surface area contributed by atoms with E-state index in [0.717, 1.165) is 29.2 Å². The van der Waals surface area contributed by atoms with Gasteiger partial charge in [0.1, 0.15) is 0 Å². The van der Waals surface area contributed by atoms with Crippen LogP contribution in [0.25, 0.3) is 0 Å². The summed E-state index contributed by atoms with van der Waals surface area (Å²) in [5.41, 5.74) is 2.36. The number of piperidine rings is 1. The summed E-state index contributed by atoms with van der Waals surface area (Å²) in [7, 11) is 2.03. The smallest absolute Gasteiger partial charge is 0.0739 e. The highest BCUT2D eigenvalue weighted by molar-refractivity contribution is 9.10. The van der Waals surface area contributed by atoms with Crippen molar-refractivity contribution in [3.63, 3.8) is 0 Å². The standard InChI is InChI=1S/C14H25BrN4/c1-4-19(9-12-6-5-7-16-8-12)10-13-14(15)11(2)17-18(13)3/h12,16H,4-10H2,1-3H3. The zero-order valence-electron chi connectivity index (χ0n) is 12.2. The van der Waals surface area contributed by atoms with Crippen LogP contribution >= 0.6 is 15.9 Å². The van der Waals surface area contributed by atoms with Crippen LogP contribution in [0, 0.1) is 12.8 Å². The van der Waals surface area contributed by atoms with Crippen LogP contribution in [0.5, 0.6) is 0 Å². The Morgan fingerprint density at radius 1 is 1.53 bits per heavy atom. The van der Waals surface area contributed by atoms with E-state index in [2.05, 4.69) is 45.1 Å². The maximum Gasteiger partial charge on any atom is 0.0739 e. The molecule has 1 aromatic rings. The van der Waals surface area contributed by atoms with Gasteiger partial charge in [0.05, 0.1) is 15.9 Å². The van der Waals surface area contributed by atoms with Gasteiger partial charge in [-0.3, -0.25) is 9.58 Å². The molecule has 1 atom stereocenters. The second-order valence-electron chi connectivity index (χ2n) is 5.51. The average Bonchev–Trinajstić information content (AvgIpc) is 2.65. The Hall–Kier alpha value is -0.390. The minimum atomic E-state index is 0.793. The predicted octanol–water partition coefficient (Wildman–Crippen LogP) is 2.31. The molecular weight excluding hydrogens is 304 g/mol. The molecule has 1 N–H and O–H groups in total. The maximum absolute atomic E-state index is 4.48. The molecule has 5 heteroatoms. The summed E-state index contributed by atoms with van der Waals surface area (Å²) in [6.07, 6.45) is 2.67. The Morgan fingerprint density at radius 2 is 2.32 bits per heavy atom. The van der Waals surface area contributed by atoms with Gasteiger partial charge in [0, 0.05) is 20.1 Å². The summed E-state index contributed by atoms with van der Waals surface area (Å²) in [5.74, 6) is 0.793. The molecule has 4 nitrogen and oxygen atoms in total. The molecule has 0 aromatic carbocycles. The van der Waals surface area contributed by atoms with Gasteiger partial charge in [-0.25, -0.2) is 0 Å². The van der Waals surface area contributed by atoms with Gasteiger partial charge in [0.2, 0.25) is 0 Å². The first-order valence-electron chi connectivity index (χ1n) is 7.22. The third-order valence-corrected chi connectivity index (χ3v) is 5.03.